The summed E-state index contributed by atoms with van der Waals surface area (Å²) in [5, 5.41) is 6.42. The van der Waals surface area contributed by atoms with E-state index in [1.165, 1.54) is 48.8 Å². The standard InChI is InChI=1S/C18H26N2O/c21-18(9-7-14-4-2-1-3-5-14)20-11-15-6-8-16-12-19-13-17(16)10-15/h6,8,10,14,19H,1-5,7,9,11-13H2,(H,20,21). The van der Waals surface area contributed by atoms with E-state index in [2.05, 4.69) is 28.8 Å². The minimum absolute atomic E-state index is 0.208. The van der Waals surface area contributed by atoms with Gasteiger partial charge in [0.25, 0.3) is 0 Å². The minimum Gasteiger partial charge on any atom is -0.352 e. The summed E-state index contributed by atoms with van der Waals surface area (Å²) < 4.78 is 0. The lowest BCUT2D eigenvalue weighted by Crippen LogP contribution is -2.23. The van der Waals surface area contributed by atoms with Gasteiger partial charge in [0.15, 0.2) is 0 Å². The van der Waals surface area contributed by atoms with E-state index in [0.717, 1.165) is 25.4 Å². The second-order valence-electron chi connectivity index (χ2n) is 6.53. The van der Waals surface area contributed by atoms with Gasteiger partial charge in [0.05, 0.1) is 0 Å². The van der Waals surface area contributed by atoms with Crippen LogP contribution in [-0.4, -0.2) is 5.91 Å². The molecule has 1 aromatic rings. The van der Waals surface area contributed by atoms with Crippen molar-refractivity contribution in [3.63, 3.8) is 0 Å². The monoisotopic (exact) mass is 286 g/mol. The molecule has 0 unspecified atom stereocenters. The molecule has 21 heavy (non-hydrogen) atoms. The van der Waals surface area contributed by atoms with Crippen LogP contribution in [0, 0.1) is 5.92 Å². The van der Waals surface area contributed by atoms with Crippen LogP contribution < -0.4 is 10.6 Å². The Kier molecular flexibility index (Phi) is 4.91. The lowest BCUT2D eigenvalue weighted by Gasteiger charge is -2.21. The van der Waals surface area contributed by atoms with Gasteiger partial charge in [-0.3, -0.25) is 4.79 Å². The molecule has 1 aromatic carbocycles. The molecule has 1 heterocycles. The van der Waals surface area contributed by atoms with Gasteiger partial charge in [0.2, 0.25) is 5.91 Å². The largest absolute Gasteiger partial charge is 0.352 e. The molecule has 0 aromatic heterocycles. The molecular weight excluding hydrogens is 260 g/mol. The van der Waals surface area contributed by atoms with E-state index in [9.17, 15) is 4.79 Å². The Hall–Kier alpha value is -1.35. The van der Waals surface area contributed by atoms with Crippen LogP contribution in [0.3, 0.4) is 0 Å². The van der Waals surface area contributed by atoms with E-state index in [1.54, 1.807) is 0 Å². The van der Waals surface area contributed by atoms with Crippen molar-refractivity contribution in [2.75, 3.05) is 0 Å². The van der Waals surface area contributed by atoms with Crippen molar-refractivity contribution in [1.82, 2.24) is 10.6 Å². The number of benzene rings is 1. The van der Waals surface area contributed by atoms with Gasteiger partial charge in [-0.25, -0.2) is 0 Å². The molecule has 3 rings (SSSR count). The topological polar surface area (TPSA) is 41.1 Å². The molecule has 0 radical (unpaired) electrons. The molecule has 3 nitrogen and oxygen atoms in total. The normalized spacial score (nSPS) is 18.5. The highest BCUT2D eigenvalue weighted by Gasteiger charge is 2.15. The molecule has 1 aliphatic heterocycles. The predicted octanol–water partition coefficient (Wildman–Crippen LogP) is 3.27. The summed E-state index contributed by atoms with van der Waals surface area (Å²) in [6.07, 6.45) is 8.51. The SMILES string of the molecule is O=C(CCC1CCCCC1)NCc1ccc2c(c1)CNC2. The fraction of sp³-hybridized carbons (Fsp3) is 0.611. The smallest absolute Gasteiger partial charge is 0.220 e. The van der Waals surface area contributed by atoms with Crippen LogP contribution in [0.5, 0.6) is 0 Å². The fourth-order valence-electron chi connectivity index (χ4n) is 3.56. The predicted molar refractivity (Wildman–Crippen MR) is 84.6 cm³/mol. The summed E-state index contributed by atoms with van der Waals surface area (Å²) in [5.74, 6) is 0.995. The lowest BCUT2D eigenvalue weighted by atomic mass is 9.86. The van der Waals surface area contributed by atoms with Crippen LogP contribution in [0.15, 0.2) is 18.2 Å². The van der Waals surface area contributed by atoms with Crippen molar-refractivity contribution in [1.29, 1.82) is 0 Å². The molecule has 0 saturated heterocycles. The average molecular weight is 286 g/mol. The average Bonchev–Trinajstić information content (AvgIpc) is 2.99. The Morgan fingerprint density at radius 2 is 1.95 bits per heavy atom. The quantitative estimate of drug-likeness (QED) is 0.872. The number of amides is 1. The van der Waals surface area contributed by atoms with Crippen LogP contribution in [0.1, 0.15) is 61.6 Å². The van der Waals surface area contributed by atoms with Gasteiger partial charge in [-0.15, -0.1) is 0 Å². The molecule has 1 amide bonds. The zero-order valence-electron chi connectivity index (χ0n) is 12.8. The van der Waals surface area contributed by atoms with Crippen molar-refractivity contribution in [2.24, 2.45) is 5.92 Å². The van der Waals surface area contributed by atoms with Gasteiger partial charge in [-0.05, 0) is 29.0 Å². The van der Waals surface area contributed by atoms with Crippen molar-refractivity contribution in [3.05, 3.63) is 34.9 Å². The Balaban J connectivity index is 1.41. The molecule has 2 aliphatic rings. The number of carbonyl (C=O) groups is 1. The van der Waals surface area contributed by atoms with Crippen LogP contribution in [0.2, 0.25) is 0 Å². The van der Waals surface area contributed by atoms with Crippen molar-refractivity contribution in [3.8, 4) is 0 Å². The third-order valence-corrected chi connectivity index (χ3v) is 4.90. The summed E-state index contributed by atoms with van der Waals surface area (Å²) in [7, 11) is 0. The molecule has 2 N–H and O–H groups in total. The first kappa shape index (κ1) is 14.6. The number of hydrogen-bond donors (Lipinski definition) is 2. The summed E-state index contributed by atoms with van der Waals surface area (Å²) in [6, 6.07) is 6.53. The molecule has 1 aliphatic carbocycles. The number of fused-ring (bicyclic) bond motifs is 1. The highest BCUT2D eigenvalue weighted by molar-refractivity contribution is 5.75. The van der Waals surface area contributed by atoms with E-state index in [0.29, 0.717) is 13.0 Å². The third kappa shape index (κ3) is 4.07. The lowest BCUT2D eigenvalue weighted by molar-refractivity contribution is -0.121. The van der Waals surface area contributed by atoms with E-state index >= 15 is 0 Å². The van der Waals surface area contributed by atoms with E-state index < -0.39 is 0 Å². The first-order valence-corrected chi connectivity index (χ1v) is 8.39. The minimum atomic E-state index is 0.208. The second-order valence-corrected chi connectivity index (χ2v) is 6.53. The van der Waals surface area contributed by atoms with Gasteiger partial charge in [0, 0.05) is 26.1 Å². The van der Waals surface area contributed by atoms with Crippen molar-refractivity contribution in [2.45, 2.75) is 64.6 Å². The summed E-state index contributed by atoms with van der Waals surface area (Å²) in [6.45, 7) is 2.60. The van der Waals surface area contributed by atoms with Crippen LogP contribution in [0.25, 0.3) is 0 Å². The Bertz CT molecular complexity index is 492. The maximum atomic E-state index is 12.0. The number of carbonyl (C=O) groups excluding carboxylic acids is 1. The van der Waals surface area contributed by atoms with Crippen molar-refractivity contribution >= 4 is 5.91 Å². The summed E-state index contributed by atoms with van der Waals surface area (Å²) >= 11 is 0. The van der Waals surface area contributed by atoms with Gasteiger partial charge in [-0.2, -0.15) is 0 Å². The van der Waals surface area contributed by atoms with Crippen LogP contribution >= 0.6 is 0 Å². The highest BCUT2D eigenvalue weighted by atomic mass is 16.1. The van der Waals surface area contributed by atoms with E-state index in [-0.39, 0.29) is 5.91 Å². The summed E-state index contributed by atoms with van der Waals surface area (Å²) in [4.78, 5) is 12.0. The second kappa shape index (κ2) is 7.08. The molecule has 1 fully saturated rings. The number of rotatable bonds is 5. The highest BCUT2D eigenvalue weighted by Crippen LogP contribution is 2.27. The maximum absolute atomic E-state index is 12.0. The zero-order valence-corrected chi connectivity index (χ0v) is 12.8. The summed E-state index contributed by atoms with van der Waals surface area (Å²) in [5.41, 5.74) is 3.98. The van der Waals surface area contributed by atoms with Gasteiger partial charge < -0.3 is 10.6 Å². The molecular formula is C18H26N2O. The van der Waals surface area contributed by atoms with Crippen molar-refractivity contribution < 1.29 is 4.79 Å². The fourth-order valence-corrected chi connectivity index (χ4v) is 3.56. The first-order valence-electron chi connectivity index (χ1n) is 8.39. The number of hydrogen-bond acceptors (Lipinski definition) is 2. The van der Waals surface area contributed by atoms with Gasteiger partial charge in [0.1, 0.15) is 0 Å². The van der Waals surface area contributed by atoms with Crippen LogP contribution in [0.4, 0.5) is 0 Å². The Morgan fingerprint density at radius 1 is 1.14 bits per heavy atom. The maximum Gasteiger partial charge on any atom is 0.220 e. The van der Waals surface area contributed by atoms with E-state index in [4.69, 9.17) is 0 Å². The molecule has 114 valence electrons. The van der Waals surface area contributed by atoms with Crippen LogP contribution in [-0.2, 0) is 24.4 Å². The Morgan fingerprint density at radius 3 is 2.81 bits per heavy atom. The Labute approximate surface area is 127 Å². The molecule has 0 bridgehead atoms. The molecule has 0 atom stereocenters. The van der Waals surface area contributed by atoms with Gasteiger partial charge >= 0.3 is 0 Å². The first-order chi connectivity index (χ1) is 10.3. The molecule has 1 saturated carbocycles. The third-order valence-electron chi connectivity index (χ3n) is 4.90. The zero-order chi connectivity index (χ0) is 14.5. The number of nitrogens with one attached hydrogen (secondary N) is 2. The molecule has 3 heteroatoms. The molecule has 0 spiro atoms. The van der Waals surface area contributed by atoms with E-state index in [1.807, 2.05) is 0 Å². The van der Waals surface area contributed by atoms with Gasteiger partial charge in [-0.1, -0.05) is 50.3 Å².